The molecule has 1 aliphatic heterocycles. The Balaban J connectivity index is 1.24. The quantitative estimate of drug-likeness (QED) is 0.792. The second kappa shape index (κ2) is 8.14. The van der Waals surface area contributed by atoms with Crippen LogP contribution >= 0.6 is 0 Å². The van der Waals surface area contributed by atoms with Crippen LogP contribution in [0, 0.1) is 6.92 Å². The highest BCUT2D eigenvalue weighted by molar-refractivity contribution is 5.78. The zero-order valence-corrected chi connectivity index (χ0v) is 16.0. The van der Waals surface area contributed by atoms with Crippen molar-refractivity contribution < 1.29 is 14.6 Å². The van der Waals surface area contributed by atoms with Crippen LogP contribution < -0.4 is 15.0 Å². The van der Waals surface area contributed by atoms with Crippen molar-refractivity contribution in [1.82, 2.24) is 15.3 Å². The molecule has 2 N–H and O–H groups in total. The number of aryl methyl sites for hydroxylation is 1. The van der Waals surface area contributed by atoms with Gasteiger partial charge in [0.15, 0.2) is 6.61 Å². The molecule has 2 heterocycles. The van der Waals surface area contributed by atoms with Crippen LogP contribution in [0.25, 0.3) is 0 Å². The highest BCUT2D eigenvalue weighted by atomic mass is 16.5. The molecule has 7 heteroatoms. The number of nitrogens with one attached hydrogen (secondary N) is 1. The fraction of sp³-hybridized carbons (Fsp3) is 0.476. The van der Waals surface area contributed by atoms with Crippen LogP contribution in [0.2, 0.25) is 0 Å². The van der Waals surface area contributed by atoms with Crippen LogP contribution in [0.1, 0.15) is 36.4 Å². The molecule has 1 aliphatic carbocycles. The van der Waals surface area contributed by atoms with Crippen LogP contribution in [0.3, 0.4) is 0 Å². The van der Waals surface area contributed by atoms with Crippen LogP contribution in [0.5, 0.6) is 5.75 Å². The van der Waals surface area contributed by atoms with Crippen LogP contribution in [-0.4, -0.2) is 52.8 Å². The molecule has 0 unspecified atom stereocenters. The number of aromatic nitrogens is 2. The number of benzene rings is 1. The van der Waals surface area contributed by atoms with E-state index >= 15 is 0 Å². The first-order valence-electron chi connectivity index (χ1n) is 9.80. The summed E-state index contributed by atoms with van der Waals surface area (Å²) in [7, 11) is 0. The number of aliphatic hydroxyl groups excluding tert-OH is 1. The van der Waals surface area contributed by atoms with Gasteiger partial charge in [0, 0.05) is 36.8 Å². The van der Waals surface area contributed by atoms with E-state index in [1.54, 1.807) is 6.33 Å². The number of hydrogen-bond acceptors (Lipinski definition) is 6. The Bertz CT molecular complexity index is 838. The van der Waals surface area contributed by atoms with E-state index in [2.05, 4.69) is 20.2 Å². The first-order chi connectivity index (χ1) is 13.6. The van der Waals surface area contributed by atoms with Crippen LogP contribution in [0.15, 0.2) is 36.7 Å². The van der Waals surface area contributed by atoms with Crippen molar-refractivity contribution in [3.05, 3.63) is 47.9 Å². The number of hydrogen-bond donors (Lipinski definition) is 2. The smallest absolute Gasteiger partial charge is 0.258 e. The highest BCUT2D eigenvalue weighted by Gasteiger charge is 2.33. The van der Waals surface area contributed by atoms with Gasteiger partial charge in [-0.1, -0.05) is 12.1 Å². The van der Waals surface area contributed by atoms with Gasteiger partial charge < -0.3 is 20.1 Å². The third-order valence-electron chi connectivity index (χ3n) is 5.44. The van der Waals surface area contributed by atoms with E-state index < -0.39 is 0 Å². The lowest BCUT2D eigenvalue weighted by Crippen LogP contribution is -2.45. The Morgan fingerprint density at radius 2 is 2.18 bits per heavy atom. The summed E-state index contributed by atoms with van der Waals surface area (Å²) in [6.07, 6.45) is 3.84. The van der Waals surface area contributed by atoms with E-state index in [1.807, 2.05) is 37.3 Å². The molecule has 1 amide bonds. The van der Waals surface area contributed by atoms with Crippen molar-refractivity contribution in [3.63, 3.8) is 0 Å². The molecular formula is C21H26N4O3. The lowest BCUT2D eigenvalue weighted by Gasteiger charge is -2.35. The molecule has 148 valence electrons. The number of amides is 1. The second-order valence-electron chi connectivity index (χ2n) is 7.73. The van der Waals surface area contributed by atoms with Gasteiger partial charge in [-0.05, 0) is 43.9 Å². The number of carbonyl (C=O) groups is 1. The van der Waals surface area contributed by atoms with E-state index in [4.69, 9.17) is 4.74 Å². The van der Waals surface area contributed by atoms with Gasteiger partial charge in [-0.2, -0.15) is 0 Å². The second-order valence-corrected chi connectivity index (χ2v) is 7.73. The first-order valence-corrected chi connectivity index (χ1v) is 9.80. The fourth-order valence-electron chi connectivity index (χ4n) is 3.81. The molecule has 28 heavy (non-hydrogen) atoms. The van der Waals surface area contributed by atoms with Crippen LogP contribution in [-0.2, 0) is 4.79 Å². The van der Waals surface area contributed by atoms with Crippen molar-refractivity contribution in [2.24, 2.45) is 0 Å². The third-order valence-corrected chi connectivity index (χ3v) is 5.44. The number of aliphatic hydroxyl groups is 1. The number of ether oxygens (including phenoxy) is 1. The van der Waals surface area contributed by atoms with Gasteiger partial charge >= 0.3 is 0 Å². The highest BCUT2D eigenvalue weighted by Crippen LogP contribution is 2.36. The van der Waals surface area contributed by atoms with E-state index in [9.17, 15) is 9.90 Å². The lowest BCUT2D eigenvalue weighted by atomic mass is 9.78. The standard InChI is InChI=1S/C21H26N4O3/c1-14-3-2-4-18(7-14)28-12-21(27)24-16-8-15(9-16)19-10-20(23-13-22-19)25-6-5-17(26)11-25/h2-4,7,10,13,15-17,26H,5-6,8-9,11-12H2,1H3,(H,24,27)/t15?,16?,17-/m0/s1. The molecule has 7 nitrogen and oxygen atoms in total. The molecule has 1 saturated heterocycles. The van der Waals surface area contributed by atoms with Crippen molar-refractivity contribution in [2.75, 3.05) is 24.6 Å². The maximum atomic E-state index is 12.1. The minimum absolute atomic E-state index is 0.0273. The third kappa shape index (κ3) is 4.42. The number of rotatable bonds is 6. The Morgan fingerprint density at radius 1 is 1.32 bits per heavy atom. The summed E-state index contributed by atoms with van der Waals surface area (Å²) in [6, 6.07) is 9.85. The Labute approximate surface area is 164 Å². The van der Waals surface area contributed by atoms with Crippen molar-refractivity contribution in [2.45, 2.75) is 44.2 Å². The number of carbonyl (C=O) groups excluding carboxylic acids is 1. The molecule has 2 fully saturated rings. The molecular weight excluding hydrogens is 356 g/mol. The van der Waals surface area contributed by atoms with E-state index in [0.717, 1.165) is 42.9 Å². The molecule has 0 radical (unpaired) electrons. The van der Waals surface area contributed by atoms with Gasteiger partial charge in [-0.15, -0.1) is 0 Å². The minimum Gasteiger partial charge on any atom is -0.484 e. The molecule has 2 aliphatic rings. The van der Waals surface area contributed by atoms with Crippen molar-refractivity contribution >= 4 is 11.7 Å². The van der Waals surface area contributed by atoms with Gasteiger partial charge in [0.2, 0.25) is 0 Å². The van der Waals surface area contributed by atoms with E-state index in [-0.39, 0.29) is 24.7 Å². The molecule has 4 rings (SSSR count). The summed E-state index contributed by atoms with van der Waals surface area (Å²) >= 11 is 0. The molecule has 1 aromatic heterocycles. The summed E-state index contributed by atoms with van der Waals surface area (Å²) in [5.74, 6) is 1.82. The van der Waals surface area contributed by atoms with Gasteiger partial charge in [-0.25, -0.2) is 9.97 Å². The topological polar surface area (TPSA) is 87.6 Å². The Kier molecular flexibility index (Phi) is 5.43. The summed E-state index contributed by atoms with van der Waals surface area (Å²) in [4.78, 5) is 23.0. The van der Waals surface area contributed by atoms with Crippen molar-refractivity contribution in [1.29, 1.82) is 0 Å². The molecule has 1 saturated carbocycles. The van der Waals surface area contributed by atoms with Gasteiger partial charge in [-0.3, -0.25) is 4.79 Å². The zero-order valence-electron chi connectivity index (χ0n) is 16.0. The fourth-order valence-corrected chi connectivity index (χ4v) is 3.81. The summed E-state index contributed by atoms with van der Waals surface area (Å²) in [5, 5.41) is 12.7. The molecule has 1 aromatic carbocycles. The van der Waals surface area contributed by atoms with Gasteiger partial charge in [0.1, 0.15) is 17.9 Å². The molecule has 0 bridgehead atoms. The van der Waals surface area contributed by atoms with E-state index in [0.29, 0.717) is 18.2 Å². The predicted molar refractivity (Wildman–Crippen MR) is 105 cm³/mol. The Morgan fingerprint density at radius 3 is 2.93 bits per heavy atom. The predicted octanol–water partition coefficient (Wildman–Crippen LogP) is 1.80. The maximum Gasteiger partial charge on any atom is 0.258 e. The lowest BCUT2D eigenvalue weighted by molar-refractivity contribution is -0.124. The van der Waals surface area contributed by atoms with Gasteiger partial charge in [0.25, 0.3) is 5.91 Å². The molecule has 1 atom stereocenters. The first kappa shape index (κ1) is 18.7. The normalized spacial score (nSPS) is 23.9. The van der Waals surface area contributed by atoms with E-state index in [1.165, 1.54) is 0 Å². The van der Waals surface area contributed by atoms with Crippen molar-refractivity contribution in [3.8, 4) is 5.75 Å². The monoisotopic (exact) mass is 382 g/mol. The van der Waals surface area contributed by atoms with Gasteiger partial charge in [0.05, 0.1) is 6.10 Å². The SMILES string of the molecule is Cc1cccc(OCC(=O)NC2CC(c3cc(N4CC[C@H](O)C4)ncn3)C2)c1. The average molecular weight is 382 g/mol. The average Bonchev–Trinajstić information content (AvgIpc) is 3.09. The molecule has 2 aromatic rings. The summed E-state index contributed by atoms with van der Waals surface area (Å²) < 4.78 is 5.55. The minimum atomic E-state index is -0.274. The Hall–Kier alpha value is -2.67. The van der Waals surface area contributed by atoms with Crippen LogP contribution in [0.4, 0.5) is 5.82 Å². The number of β-amino-alcohol motifs (C(OH)–C–C–N with tert-alkyl or cyclic N) is 1. The maximum absolute atomic E-state index is 12.1. The number of nitrogens with zero attached hydrogens (tertiary/aromatic N) is 3. The largest absolute Gasteiger partial charge is 0.484 e. The number of anilines is 1. The molecule has 0 spiro atoms. The summed E-state index contributed by atoms with van der Waals surface area (Å²) in [6.45, 7) is 3.47. The zero-order chi connectivity index (χ0) is 19.5. The summed E-state index contributed by atoms with van der Waals surface area (Å²) in [5.41, 5.74) is 2.11.